The summed E-state index contributed by atoms with van der Waals surface area (Å²) in [4.78, 5) is 15.7. The molecule has 0 aliphatic heterocycles. The topological polar surface area (TPSA) is 86.8 Å². The molecule has 0 bridgehead atoms. The molecule has 0 aliphatic carbocycles. The van der Waals surface area contributed by atoms with Crippen LogP contribution < -0.4 is 10.6 Å². The summed E-state index contributed by atoms with van der Waals surface area (Å²) in [6, 6.07) is 8.10. The number of carbonyl (C=O) groups excluding carboxylic acids is 1. The fourth-order valence-corrected chi connectivity index (χ4v) is 1.91. The molecule has 2 N–H and O–H groups in total. The van der Waals surface area contributed by atoms with E-state index in [0.717, 1.165) is 5.56 Å². The minimum Gasteiger partial charge on any atom is -0.462 e. The van der Waals surface area contributed by atoms with Crippen molar-refractivity contribution in [1.29, 1.82) is 0 Å². The SMILES string of the molecule is CCOC(=O)c1ccnc(Oc2ccc(C=NN)cc2Cl)c1. The Morgan fingerprint density at radius 2 is 2.23 bits per heavy atom. The lowest BCUT2D eigenvalue weighted by atomic mass is 10.2. The molecule has 0 aliphatic rings. The molecule has 0 atom stereocenters. The maximum atomic E-state index is 11.7. The zero-order valence-corrected chi connectivity index (χ0v) is 12.6. The number of carbonyl (C=O) groups is 1. The molecule has 22 heavy (non-hydrogen) atoms. The van der Waals surface area contributed by atoms with E-state index in [1.807, 2.05) is 0 Å². The van der Waals surface area contributed by atoms with E-state index in [0.29, 0.717) is 22.9 Å². The molecule has 1 aromatic heterocycles. The third kappa shape index (κ3) is 3.95. The van der Waals surface area contributed by atoms with E-state index in [1.54, 1.807) is 31.2 Å². The molecule has 2 rings (SSSR count). The van der Waals surface area contributed by atoms with Crippen LogP contribution in [0.1, 0.15) is 22.8 Å². The lowest BCUT2D eigenvalue weighted by Gasteiger charge is -2.08. The molecule has 0 unspecified atom stereocenters. The predicted molar refractivity (Wildman–Crippen MR) is 83.5 cm³/mol. The highest BCUT2D eigenvalue weighted by Crippen LogP contribution is 2.29. The molecule has 0 radical (unpaired) electrons. The van der Waals surface area contributed by atoms with E-state index in [9.17, 15) is 4.79 Å². The van der Waals surface area contributed by atoms with E-state index in [2.05, 4.69) is 10.1 Å². The molecule has 0 saturated carbocycles. The number of halogens is 1. The van der Waals surface area contributed by atoms with Crippen LogP contribution in [0.4, 0.5) is 0 Å². The van der Waals surface area contributed by atoms with Crippen molar-refractivity contribution in [3.63, 3.8) is 0 Å². The number of aromatic nitrogens is 1. The molecule has 2 aromatic rings. The highest BCUT2D eigenvalue weighted by atomic mass is 35.5. The summed E-state index contributed by atoms with van der Waals surface area (Å²) < 4.78 is 10.5. The second-order valence-electron chi connectivity index (χ2n) is 4.17. The molecular weight excluding hydrogens is 306 g/mol. The van der Waals surface area contributed by atoms with Crippen LogP contribution in [0.15, 0.2) is 41.6 Å². The quantitative estimate of drug-likeness (QED) is 0.396. The minimum absolute atomic E-state index is 0.243. The first kappa shape index (κ1) is 15.8. The lowest BCUT2D eigenvalue weighted by molar-refractivity contribution is 0.0526. The van der Waals surface area contributed by atoms with Crippen LogP contribution in [0.2, 0.25) is 5.02 Å². The van der Waals surface area contributed by atoms with Crippen LogP contribution in [0, 0.1) is 0 Å². The Labute approximate surface area is 132 Å². The summed E-state index contributed by atoms with van der Waals surface area (Å²) in [5.41, 5.74) is 1.10. The third-order valence-corrected chi connectivity index (χ3v) is 2.94. The fourth-order valence-electron chi connectivity index (χ4n) is 1.69. The molecule has 7 heteroatoms. The summed E-state index contributed by atoms with van der Waals surface area (Å²) in [7, 11) is 0. The van der Waals surface area contributed by atoms with Crippen molar-refractivity contribution in [2.45, 2.75) is 6.92 Å². The van der Waals surface area contributed by atoms with Crippen molar-refractivity contribution in [2.24, 2.45) is 10.9 Å². The average molecular weight is 320 g/mol. The summed E-state index contributed by atoms with van der Waals surface area (Å²) in [5.74, 6) is 5.30. The Kier molecular flexibility index (Phi) is 5.32. The van der Waals surface area contributed by atoms with Gasteiger partial charge in [-0.05, 0) is 36.8 Å². The average Bonchev–Trinajstić information content (AvgIpc) is 2.51. The van der Waals surface area contributed by atoms with E-state index in [1.165, 1.54) is 18.5 Å². The Morgan fingerprint density at radius 1 is 1.41 bits per heavy atom. The normalized spacial score (nSPS) is 10.6. The van der Waals surface area contributed by atoms with Crippen molar-refractivity contribution in [3.05, 3.63) is 52.7 Å². The zero-order valence-electron chi connectivity index (χ0n) is 11.8. The monoisotopic (exact) mass is 319 g/mol. The Morgan fingerprint density at radius 3 is 2.91 bits per heavy atom. The van der Waals surface area contributed by atoms with Gasteiger partial charge < -0.3 is 15.3 Å². The van der Waals surface area contributed by atoms with Crippen molar-refractivity contribution >= 4 is 23.8 Å². The van der Waals surface area contributed by atoms with Gasteiger partial charge in [0.1, 0.15) is 5.75 Å². The number of ether oxygens (including phenoxy) is 2. The molecule has 114 valence electrons. The summed E-state index contributed by atoms with van der Waals surface area (Å²) >= 11 is 6.12. The van der Waals surface area contributed by atoms with Crippen molar-refractivity contribution in [1.82, 2.24) is 4.98 Å². The molecule has 0 amide bonds. The van der Waals surface area contributed by atoms with E-state index >= 15 is 0 Å². The minimum atomic E-state index is -0.435. The first-order chi connectivity index (χ1) is 10.6. The van der Waals surface area contributed by atoms with Crippen LogP contribution in [0.5, 0.6) is 11.6 Å². The highest BCUT2D eigenvalue weighted by Gasteiger charge is 2.10. The fraction of sp³-hybridized carbons (Fsp3) is 0.133. The van der Waals surface area contributed by atoms with Gasteiger partial charge in [-0.15, -0.1) is 0 Å². The summed E-state index contributed by atoms with van der Waals surface area (Å²) in [6.45, 7) is 2.04. The Bertz CT molecular complexity index is 704. The first-order valence-corrected chi connectivity index (χ1v) is 6.85. The number of rotatable bonds is 5. The number of nitrogens with zero attached hydrogens (tertiary/aromatic N) is 2. The standard InChI is InChI=1S/C15H14ClN3O3/c1-2-21-15(20)11-5-6-18-14(8-11)22-13-4-3-10(9-19-17)7-12(13)16/h3-9H,2,17H2,1H3. The molecule has 0 saturated heterocycles. The maximum absolute atomic E-state index is 11.7. The van der Waals surface area contributed by atoms with Gasteiger partial charge in [-0.25, -0.2) is 9.78 Å². The summed E-state index contributed by atoms with van der Waals surface area (Å²) in [5, 5.41) is 3.80. The molecule has 0 fully saturated rings. The smallest absolute Gasteiger partial charge is 0.338 e. The van der Waals surface area contributed by atoms with Gasteiger partial charge in [-0.3, -0.25) is 0 Å². The van der Waals surface area contributed by atoms with Gasteiger partial charge in [0.05, 0.1) is 23.4 Å². The molecule has 1 aromatic carbocycles. The van der Waals surface area contributed by atoms with E-state index < -0.39 is 5.97 Å². The van der Waals surface area contributed by atoms with Crippen LogP contribution in [-0.4, -0.2) is 23.8 Å². The van der Waals surface area contributed by atoms with Gasteiger partial charge in [-0.2, -0.15) is 5.10 Å². The van der Waals surface area contributed by atoms with Gasteiger partial charge >= 0.3 is 5.97 Å². The molecule has 1 heterocycles. The Hall–Kier alpha value is -2.60. The largest absolute Gasteiger partial charge is 0.462 e. The van der Waals surface area contributed by atoms with Crippen LogP contribution in [-0.2, 0) is 4.74 Å². The van der Waals surface area contributed by atoms with Gasteiger partial charge in [0.2, 0.25) is 5.88 Å². The van der Waals surface area contributed by atoms with Crippen LogP contribution in [0.25, 0.3) is 0 Å². The van der Waals surface area contributed by atoms with E-state index in [4.69, 9.17) is 26.9 Å². The van der Waals surface area contributed by atoms with Gasteiger partial charge in [-0.1, -0.05) is 11.6 Å². The third-order valence-electron chi connectivity index (χ3n) is 2.64. The van der Waals surface area contributed by atoms with Gasteiger partial charge in [0, 0.05) is 12.3 Å². The highest BCUT2D eigenvalue weighted by molar-refractivity contribution is 6.32. The van der Waals surface area contributed by atoms with E-state index in [-0.39, 0.29) is 5.88 Å². The Balaban J connectivity index is 2.20. The molecular formula is C15H14ClN3O3. The number of hydrogen-bond acceptors (Lipinski definition) is 6. The summed E-state index contributed by atoms with van der Waals surface area (Å²) in [6.07, 6.45) is 2.93. The van der Waals surface area contributed by atoms with Crippen molar-refractivity contribution in [3.8, 4) is 11.6 Å². The van der Waals surface area contributed by atoms with Gasteiger partial charge in [0.15, 0.2) is 0 Å². The number of hydrogen-bond donors (Lipinski definition) is 1. The number of hydrazone groups is 1. The molecule has 6 nitrogen and oxygen atoms in total. The second kappa shape index (κ2) is 7.42. The number of pyridine rings is 1. The van der Waals surface area contributed by atoms with Crippen LogP contribution >= 0.6 is 11.6 Å². The first-order valence-electron chi connectivity index (χ1n) is 6.48. The zero-order chi connectivity index (χ0) is 15.9. The van der Waals surface area contributed by atoms with Crippen molar-refractivity contribution < 1.29 is 14.3 Å². The second-order valence-corrected chi connectivity index (χ2v) is 4.58. The van der Waals surface area contributed by atoms with Crippen LogP contribution in [0.3, 0.4) is 0 Å². The van der Waals surface area contributed by atoms with Crippen molar-refractivity contribution in [2.75, 3.05) is 6.61 Å². The lowest BCUT2D eigenvalue weighted by Crippen LogP contribution is -2.05. The number of nitrogens with two attached hydrogens (primary N) is 1. The number of esters is 1. The predicted octanol–water partition coefficient (Wildman–Crippen LogP) is 3.00. The maximum Gasteiger partial charge on any atom is 0.338 e. The number of benzene rings is 1. The molecule has 0 spiro atoms. The van der Waals surface area contributed by atoms with Gasteiger partial charge in [0.25, 0.3) is 0 Å².